The number of guanidine groups is 1. The van der Waals surface area contributed by atoms with Crippen molar-refractivity contribution in [2.75, 3.05) is 7.05 Å². The zero-order chi connectivity index (χ0) is 18.9. The molecule has 1 atom stereocenters. The Morgan fingerprint density at radius 1 is 1.27 bits per heavy atom. The van der Waals surface area contributed by atoms with Crippen LogP contribution in [0.1, 0.15) is 37.1 Å². The van der Waals surface area contributed by atoms with E-state index < -0.39 is 0 Å². The molecule has 2 N–H and O–H groups in total. The summed E-state index contributed by atoms with van der Waals surface area (Å²) >= 11 is 0. The highest BCUT2D eigenvalue weighted by molar-refractivity contribution is 5.79. The number of hydrogen-bond donors (Lipinski definition) is 2. The summed E-state index contributed by atoms with van der Waals surface area (Å²) in [5.74, 6) is 1.11. The summed E-state index contributed by atoms with van der Waals surface area (Å²) < 4.78 is 19.7. The minimum Gasteiger partial charge on any atom is -0.490 e. The molecular weight excluding hydrogens is 331 g/mol. The molecule has 0 saturated carbocycles. The number of rotatable bonds is 7. The van der Waals surface area contributed by atoms with Crippen molar-refractivity contribution in [3.05, 3.63) is 59.2 Å². The van der Waals surface area contributed by atoms with Crippen molar-refractivity contribution in [2.45, 2.75) is 46.4 Å². The second kappa shape index (κ2) is 9.75. The first kappa shape index (κ1) is 19.7. The zero-order valence-electron chi connectivity index (χ0n) is 15.8. The van der Waals surface area contributed by atoms with Gasteiger partial charge < -0.3 is 15.4 Å². The average Bonchev–Trinajstić information content (AvgIpc) is 2.64. The van der Waals surface area contributed by atoms with Crippen LogP contribution in [0.3, 0.4) is 0 Å². The SMILES string of the molecule is CCC(C)Oc1cc(C)ccc1CNC(=NC)NCc1ncccc1F. The van der Waals surface area contributed by atoms with E-state index in [0.29, 0.717) is 18.2 Å². The second-order valence-electron chi connectivity index (χ2n) is 6.16. The molecule has 0 bridgehead atoms. The lowest BCUT2D eigenvalue weighted by Gasteiger charge is -2.18. The molecule has 0 aliphatic heterocycles. The molecule has 0 aliphatic rings. The summed E-state index contributed by atoms with van der Waals surface area (Å²) in [6.07, 6.45) is 2.67. The van der Waals surface area contributed by atoms with Gasteiger partial charge in [0.25, 0.3) is 0 Å². The predicted octanol–water partition coefficient (Wildman–Crippen LogP) is 3.57. The van der Waals surface area contributed by atoms with Crippen molar-refractivity contribution < 1.29 is 9.13 Å². The molecule has 0 aliphatic carbocycles. The van der Waals surface area contributed by atoms with Crippen molar-refractivity contribution in [1.82, 2.24) is 15.6 Å². The van der Waals surface area contributed by atoms with Crippen LogP contribution in [0.2, 0.25) is 0 Å². The molecular formula is C20H27FN4O. The third kappa shape index (κ3) is 5.72. The highest BCUT2D eigenvalue weighted by atomic mass is 19.1. The van der Waals surface area contributed by atoms with Crippen molar-refractivity contribution in [2.24, 2.45) is 4.99 Å². The summed E-state index contributed by atoms with van der Waals surface area (Å²) in [5, 5.41) is 6.31. The first-order chi connectivity index (χ1) is 12.5. The quantitative estimate of drug-likeness (QED) is 0.587. The van der Waals surface area contributed by atoms with Gasteiger partial charge in [-0.05, 0) is 44.0 Å². The minimum atomic E-state index is -0.335. The summed E-state index contributed by atoms with van der Waals surface area (Å²) in [6.45, 7) is 7.01. The molecule has 1 aromatic heterocycles. The van der Waals surface area contributed by atoms with E-state index in [2.05, 4.69) is 40.5 Å². The lowest BCUT2D eigenvalue weighted by atomic mass is 10.1. The molecule has 26 heavy (non-hydrogen) atoms. The Morgan fingerprint density at radius 3 is 2.73 bits per heavy atom. The number of halogens is 1. The summed E-state index contributed by atoms with van der Waals surface area (Å²) in [4.78, 5) is 8.20. The summed E-state index contributed by atoms with van der Waals surface area (Å²) in [7, 11) is 1.68. The highest BCUT2D eigenvalue weighted by Crippen LogP contribution is 2.22. The van der Waals surface area contributed by atoms with E-state index in [1.54, 1.807) is 19.3 Å². The van der Waals surface area contributed by atoms with Gasteiger partial charge in [0.1, 0.15) is 11.6 Å². The molecule has 1 heterocycles. The number of aliphatic imine (C=N–C) groups is 1. The van der Waals surface area contributed by atoms with E-state index in [9.17, 15) is 4.39 Å². The number of aromatic nitrogens is 1. The number of pyridine rings is 1. The summed E-state index contributed by atoms with van der Waals surface area (Å²) in [6, 6.07) is 9.11. The largest absolute Gasteiger partial charge is 0.490 e. The van der Waals surface area contributed by atoms with Gasteiger partial charge in [-0.2, -0.15) is 0 Å². The minimum absolute atomic E-state index is 0.153. The maximum absolute atomic E-state index is 13.7. The van der Waals surface area contributed by atoms with Crippen LogP contribution < -0.4 is 15.4 Å². The van der Waals surface area contributed by atoms with Crippen molar-refractivity contribution in [3.63, 3.8) is 0 Å². The first-order valence-electron chi connectivity index (χ1n) is 8.83. The molecule has 0 radical (unpaired) electrons. The van der Waals surface area contributed by atoms with Crippen LogP contribution in [0.5, 0.6) is 5.75 Å². The molecule has 0 spiro atoms. The Labute approximate surface area is 154 Å². The topological polar surface area (TPSA) is 58.5 Å². The fraction of sp³-hybridized carbons (Fsp3) is 0.400. The van der Waals surface area contributed by atoms with E-state index >= 15 is 0 Å². The first-order valence-corrected chi connectivity index (χ1v) is 8.83. The number of benzene rings is 1. The summed E-state index contributed by atoms with van der Waals surface area (Å²) in [5.41, 5.74) is 2.55. The van der Waals surface area contributed by atoms with Crippen LogP contribution in [0.25, 0.3) is 0 Å². The molecule has 2 rings (SSSR count). The van der Waals surface area contributed by atoms with Gasteiger partial charge in [-0.25, -0.2) is 4.39 Å². The third-order valence-electron chi connectivity index (χ3n) is 4.05. The lowest BCUT2D eigenvalue weighted by Crippen LogP contribution is -2.36. The molecule has 0 amide bonds. The molecule has 6 heteroatoms. The monoisotopic (exact) mass is 358 g/mol. The standard InChI is InChI=1S/C20H27FN4O/c1-5-15(3)26-19-11-14(2)8-9-16(19)12-24-20(22-4)25-13-18-17(21)7-6-10-23-18/h6-11,15H,5,12-13H2,1-4H3,(H2,22,24,25). The zero-order valence-corrected chi connectivity index (χ0v) is 15.8. The predicted molar refractivity (Wildman–Crippen MR) is 103 cm³/mol. The number of hydrogen-bond acceptors (Lipinski definition) is 3. The highest BCUT2D eigenvalue weighted by Gasteiger charge is 2.09. The van der Waals surface area contributed by atoms with E-state index in [0.717, 1.165) is 23.3 Å². The molecule has 0 saturated heterocycles. The third-order valence-corrected chi connectivity index (χ3v) is 4.05. The van der Waals surface area contributed by atoms with Crippen LogP contribution in [0, 0.1) is 12.7 Å². The van der Waals surface area contributed by atoms with E-state index in [-0.39, 0.29) is 18.5 Å². The second-order valence-corrected chi connectivity index (χ2v) is 6.16. The molecule has 1 unspecified atom stereocenters. The van der Waals surface area contributed by atoms with E-state index in [1.807, 2.05) is 19.1 Å². The smallest absolute Gasteiger partial charge is 0.191 e. The Kier molecular flexibility index (Phi) is 7.38. The maximum Gasteiger partial charge on any atom is 0.191 e. The number of nitrogens with zero attached hydrogens (tertiary/aromatic N) is 2. The van der Waals surface area contributed by atoms with Gasteiger partial charge in [0.05, 0.1) is 18.3 Å². The Hall–Kier alpha value is -2.63. The normalized spacial score (nSPS) is 12.6. The van der Waals surface area contributed by atoms with Crippen LogP contribution in [-0.4, -0.2) is 24.1 Å². The Bertz CT molecular complexity index is 748. The molecule has 2 aromatic rings. The van der Waals surface area contributed by atoms with E-state index in [1.165, 1.54) is 6.07 Å². The molecule has 0 fully saturated rings. The van der Waals surface area contributed by atoms with Gasteiger partial charge in [-0.1, -0.05) is 19.1 Å². The Morgan fingerprint density at radius 2 is 2.04 bits per heavy atom. The van der Waals surface area contributed by atoms with Crippen LogP contribution in [-0.2, 0) is 13.1 Å². The number of ether oxygens (including phenoxy) is 1. The fourth-order valence-electron chi connectivity index (χ4n) is 2.33. The van der Waals surface area contributed by atoms with Gasteiger partial charge in [0, 0.05) is 25.4 Å². The van der Waals surface area contributed by atoms with Gasteiger partial charge in [-0.3, -0.25) is 9.98 Å². The molecule has 5 nitrogen and oxygen atoms in total. The van der Waals surface area contributed by atoms with E-state index in [4.69, 9.17) is 4.74 Å². The number of nitrogens with one attached hydrogen (secondary N) is 2. The van der Waals surface area contributed by atoms with Gasteiger partial charge in [0.2, 0.25) is 0 Å². The lowest BCUT2D eigenvalue weighted by molar-refractivity contribution is 0.215. The van der Waals surface area contributed by atoms with Crippen LogP contribution >= 0.6 is 0 Å². The van der Waals surface area contributed by atoms with Gasteiger partial charge in [0.15, 0.2) is 5.96 Å². The van der Waals surface area contributed by atoms with Crippen molar-refractivity contribution >= 4 is 5.96 Å². The fourth-order valence-corrected chi connectivity index (χ4v) is 2.33. The van der Waals surface area contributed by atoms with Gasteiger partial charge >= 0.3 is 0 Å². The van der Waals surface area contributed by atoms with Crippen molar-refractivity contribution in [1.29, 1.82) is 0 Å². The van der Waals surface area contributed by atoms with Gasteiger partial charge in [-0.15, -0.1) is 0 Å². The molecule has 140 valence electrons. The van der Waals surface area contributed by atoms with Crippen LogP contribution in [0.4, 0.5) is 4.39 Å². The van der Waals surface area contributed by atoms with Crippen LogP contribution in [0.15, 0.2) is 41.5 Å². The molecule has 1 aromatic carbocycles. The maximum atomic E-state index is 13.7. The van der Waals surface area contributed by atoms with Crippen molar-refractivity contribution in [3.8, 4) is 5.75 Å². The average molecular weight is 358 g/mol. The Balaban J connectivity index is 1.99. The number of aryl methyl sites for hydroxylation is 1.